The molecule has 1 heteroatoms. The first-order valence-corrected chi connectivity index (χ1v) is 5.27. The summed E-state index contributed by atoms with van der Waals surface area (Å²) in [5, 5.41) is 10.1. The molecule has 0 saturated carbocycles. The Kier molecular flexibility index (Phi) is 10.9. The maximum absolute atomic E-state index is 10.1. The fourth-order valence-corrected chi connectivity index (χ4v) is 1.18. The molecule has 13 heavy (non-hydrogen) atoms. The summed E-state index contributed by atoms with van der Waals surface area (Å²) >= 11 is 0. The molecule has 0 aromatic carbocycles. The molecule has 0 N–H and O–H groups in total. The van der Waals surface area contributed by atoms with E-state index in [1.165, 1.54) is 25.7 Å². The van der Waals surface area contributed by atoms with Crippen molar-refractivity contribution >= 4 is 0 Å². The second kappa shape index (κ2) is 11.4. The first-order valence-electron chi connectivity index (χ1n) is 5.27. The van der Waals surface area contributed by atoms with Gasteiger partial charge in [-0.3, -0.25) is 0 Å². The summed E-state index contributed by atoms with van der Waals surface area (Å²) in [6.45, 7) is 2.12. The molecule has 0 aliphatic rings. The Hall–Kier alpha value is -0.560. The summed E-state index contributed by atoms with van der Waals surface area (Å²) in [7, 11) is 0. The normalized spacial score (nSPS) is 11.8. The number of rotatable bonds is 8. The molecule has 0 amide bonds. The average Bonchev–Trinajstić information content (AvgIpc) is 2.16. The van der Waals surface area contributed by atoms with Crippen molar-refractivity contribution in [3.05, 3.63) is 24.3 Å². The minimum absolute atomic E-state index is 0.0984. The summed E-state index contributed by atoms with van der Waals surface area (Å²) in [5.74, 6) is 0. The van der Waals surface area contributed by atoms with E-state index in [9.17, 15) is 5.11 Å². The van der Waals surface area contributed by atoms with Crippen LogP contribution in [-0.4, -0.2) is 6.61 Å². The van der Waals surface area contributed by atoms with Crippen LogP contribution in [0.15, 0.2) is 24.3 Å². The van der Waals surface area contributed by atoms with Crippen LogP contribution < -0.4 is 0 Å². The number of hydrogen-bond acceptors (Lipinski definition) is 0. The van der Waals surface area contributed by atoms with Crippen molar-refractivity contribution in [2.24, 2.45) is 0 Å². The lowest BCUT2D eigenvalue weighted by Gasteiger charge is -1.96. The number of hydrogen-bond donors (Lipinski definition) is 0. The van der Waals surface area contributed by atoms with Gasteiger partial charge in [-0.25, -0.2) is 5.11 Å². The van der Waals surface area contributed by atoms with Crippen LogP contribution in [0.25, 0.3) is 0 Å². The highest BCUT2D eigenvalue weighted by molar-refractivity contribution is 5.00. The topological polar surface area (TPSA) is 19.9 Å². The van der Waals surface area contributed by atoms with Crippen LogP contribution in [0.2, 0.25) is 0 Å². The molecular formula is C12H21O. The minimum atomic E-state index is 0.0984. The largest absolute Gasteiger partial charge is 0.237 e. The zero-order valence-electron chi connectivity index (χ0n) is 8.67. The Bertz CT molecular complexity index is 136. The van der Waals surface area contributed by atoms with Crippen molar-refractivity contribution in [1.29, 1.82) is 0 Å². The number of allylic oxidation sites excluding steroid dienone is 4. The Morgan fingerprint density at radius 1 is 0.923 bits per heavy atom. The van der Waals surface area contributed by atoms with E-state index in [4.69, 9.17) is 0 Å². The molecule has 0 unspecified atom stereocenters. The zero-order valence-corrected chi connectivity index (χ0v) is 8.67. The fourth-order valence-electron chi connectivity index (χ4n) is 1.18. The highest BCUT2D eigenvalue weighted by Gasteiger charge is 1.88. The summed E-state index contributed by atoms with van der Waals surface area (Å²) < 4.78 is 0. The Morgan fingerprint density at radius 2 is 1.62 bits per heavy atom. The molecule has 0 rings (SSSR count). The van der Waals surface area contributed by atoms with Gasteiger partial charge in [0.1, 0.15) is 0 Å². The van der Waals surface area contributed by atoms with Crippen molar-refractivity contribution in [3.63, 3.8) is 0 Å². The van der Waals surface area contributed by atoms with Gasteiger partial charge in [-0.05, 0) is 26.2 Å². The molecule has 0 atom stereocenters. The van der Waals surface area contributed by atoms with Gasteiger partial charge in [0.2, 0.25) is 0 Å². The smallest absolute Gasteiger partial charge is 0.0822 e. The second-order valence-corrected chi connectivity index (χ2v) is 3.21. The van der Waals surface area contributed by atoms with Crippen molar-refractivity contribution < 1.29 is 5.11 Å². The van der Waals surface area contributed by atoms with E-state index in [-0.39, 0.29) is 6.61 Å². The van der Waals surface area contributed by atoms with Gasteiger partial charge < -0.3 is 0 Å². The maximum Gasteiger partial charge on any atom is 0.0822 e. The van der Waals surface area contributed by atoms with Crippen LogP contribution >= 0.6 is 0 Å². The maximum atomic E-state index is 10.1. The zero-order chi connectivity index (χ0) is 9.78. The molecule has 0 saturated heterocycles. The predicted molar refractivity (Wildman–Crippen MR) is 57.2 cm³/mol. The van der Waals surface area contributed by atoms with Crippen molar-refractivity contribution in [2.75, 3.05) is 6.61 Å². The molecule has 0 aliphatic heterocycles. The van der Waals surface area contributed by atoms with E-state index in [2.05, 4.69) is 18.2 Å². The molecule has 0 aliphatic carbocycles. The van der Waals surface area contributed by atoms with E-state index < -0.39 is 0 Å². The van der Waals surface area contributed by atoms with Gasteiger partial charge in [0, 0.05) is 0 Å². The van der Waals surface area contributed by atoms with Crippen LogP contribution in [0.1, 0.15) is 45.4 Å². The Morgan fingerprint density at radius 3 is 2.31 bits per heavy atom. The van der Waals surface area contributed by atoms with Crippen LogP contribution in [0.5, 0.6) is 0 Å². The van der Waals surface area contributed by atoms with Crippen LogP contribution in [0, 0.1) is 0 Å². The van der Waals surface area contributed by atoms with E-state index >= 15 is 0 Å². The summed E-state index contributed by atoms with van der Waals surface area (Å²) in [4.78, 5) is 0. The molecule has 0 bridgehead atoms. The third-order valence-corrected chi connectivity index (χ3v) is 1.95. The van der Waals surface area contributed by atoms with Gasteiger partial charge in [-0.1, -0.05) is 43.6 Å². The first-order chi connectivity index (χ1) is 6.41. The molecule has 75 valence electrons. The van der Waals surface area contributed by atoms with Gasteiger partial charge in [0.15, 0.2) is 0 Å². The van der Waals surface area contributed by atoms with E-state index in [0.717, 1.165) is 12.8 Å². The monoisotopic (exact) mass is 181 g/mol. The van der Waals surface area contributed by atoms with E-state index in [0.29, 0.717) is 0 Å². The van der Waals surface area contributed by atoms with Crippen molar-refractivity contribution in [1.82, 2.24) is 0 Å². The van der Waals surface area contributed by atoms with Gasteiger partial charge in [-0.15, -0.1) is 0 Å². The second-order valence-electron chi connectivity index (χ2n) is 3.21. The number of unbranched alkanes of at least 4 members (excludes halogenated alkanes) is 5. The van der Waals surface area contributed by atoms with Crippen molar-refractivity contribution in [3.8, 4) is 0 Å². The molecule has 0 aromatic heterocycles. The minimum Gasteiger partial charge on any atom is -0.237 e. The summed E-state index contributed by atoms with van der Waals surface area (Å²) in [6.07, 6.45) is 15.3. The third-order valence-electron chi connectivity index (χ3n) is 1.95. The van der Waals surface area contributed by atoms with Crippen LogP contribution in [-0.2, 0) is 5.11 Å². The lowest BCUT2D eigenvalue weighted by Crippen LogP contribution is -1.81. The molecule has 0 fully saturated rings. The third kappa shape index (κ3) is 11.4. The van der Waals surface area contributed by atoms with Crippen LogP contribution in [0.3, 0.4) is 0 Å². The molecular weight excluding hydrogens is 160 g/mol. The molecule has 1 nitrogen and oxygen atoms in total. The van der Waals surface area contributed by atoms with Gasteiger partial charge in [-0.2, -0.15) is 0 Å². The SMILES string of the molecule is CC=C/C=C/CCCCCCC[O]. The van der Waals surface area contributed by atoms with Gasteiger partial charge >= 0.3 is 0 Å². The van der Waals surface area contributed by atoms with E-state index in [1.54, 1.807) is 0 Å². The molecule has 0 spiro atoms. The molecule has 0 heterocycles. The molecule has 1 radical (unpaired) electrons. The van der Waals surface area contributed by atoms with Gasteiger partial charge in [0.25, 0.3) is 0 Å². The summed E-state index contributed by atoms with van der Waals surface area (Å²) in [6, 6.07) is 0. The lowest BCUT2D eigenvalue weighted by atomic mass is 10.1. The first kappa shape index (κ1) is 12.4. The molecule has 0 aromatic rings. The van der Waals surface area contributed by atoms with Crippen molar-refractivity contribution in [2.45, 2.75) is 45.4 Å². The lowest BCUT2D eigenvalue weighted by molar-refractivity contribution is 0.186. The standard InChI is InChI=1S/C12H21O/c1-2-3-4-5-6-7-8-9-10-11-12-13/h2-5H,6-12H2,1H3/b3-2?,5-4+. The highest BCUT2D eigenvalue weighted by atomic mass is 16.2. The fraction of sp³-hybridized carbons (Fsp3) is 0.667. The van der Waals surface area contributed by atoms with Crippen LogP contribution in [0.4, 0.5) is 0 Å². The van der Waals surface area contributed by atoms with E-state index in [1.807, 2.05) is 13.0 Å². The highest BCUT2D eigenvalue weighted by Crippen LogP contribution is 2.05. The summed E-state index contributed by atoms with van der Waals surface area (Å²) in [5.41, 5.74) is 0. The van der Waals surface area contributed by atoms with Gasteiger partial charge in [0.05, 0.1) is 6.61 Å². The Balaban J connectivity index is 2.99. The predicted octanol–water partition coefficient (Wildman–Crippen LogP) is 3.89. The Labute approximate surface area is 82.2 Å². The average molecular weight is 181 g/mol. The quantitative estimate of drug-likeness (QED) is 0.400.